The van der Waals surface area contributed by atoms with Crippen LogP contribution in [0.5, 0.6) is 28.7 Å². The third kappa shape index (κ3) is 6.33. The van der Waals surface area contributed by atoms with Crippen LogP contribution in [-0.4, -0.2) is 37.6 Å². The van der Waals surface area contributed by atoms with E-state index in [2.05, 4.69) is 25.2 Å². The molecule has 6 nitrogen and oxygen atoms in total. The van der Waals surface area contributed by atoms with Gasteiger partial charge in [0, 0.05) is 12.1 Å². The molecule has 0 saturated carbocycles. The molecule has 190 valence electrons. The van der Waals surface area contributed by atoms with Crippen molar-refractivity contribution in [3.8, 4) is 51.0 Å². The van der Waals surface area contributed by atoms with Gasteiger partial charge in [-0.05, 0) is 75.2 Å². The molecule has 0 bridgehead atoms. The first-order chi connectivity index (χ1) is 17.2. The summed E-state index contributed by atoms with van der Waals surface area (Å²) in [4.78, 5) is 0. The van der Waals surface area contributed by atoms with Crippen molar-refractivity contribution in [1.29, 1.82) is 0 Å². The normalized spacial score (nSPS) is 10.4. The molecule has 0 atom stereocenters. The lowest BCUT2D eigenvalue weighted by molar-refractivity contribution is 0.363. The number of allylic oxidation sites excluding steroid dienone is 2. The number of phenols is 2. The third-order valence-corrected chi connectivity index (χ3v) is 5.62. The van der Waals surface area contributed by atoms with Crippen molar-refractivity contribution in [1.82, 2.24) is 0 Å². The zero-order chi connectivity index (χ0) is 26.2. The molecular weight excluding hydrogens is 454 g/mol. The number of hydrogen-bond acceptors (Lipinski definition) is 6. The topological polar surface area (TPSA) is 80.2 Å². The predicted octanol–water partition coefficient (Wildman–Crippen LogP) is 7.17. The summed E-state index contributed by atoms with van der Waals surface area (Å²) in [5.41, 5.74) is 5.87. The Morgan fingerprint density at radius 1 is 0.806 bits per heavy atom. The van der Waals surface area contributed by atoms with E-state index in [1.54, 1.807) is 31.4 Å². The number of benzene rings is 3. The molecule has 3 rings (SSSR count). The highest BCUT2D eigenvalue weighted by Gasteiger charge is 2.22. The van der Waals surface area contributed by atoms with Crippen LogP contribution in [0, 0.1) is 0 Å². The fourth-order valence-electron chi connectivity index (χ4n) is 3.74. The zero-order valence-electron chi connectivity index (χ0n) is 21.8. The van der Waals surface area contributed by atoms with Gasteiger partial charge in [0.25, 0.3) is 0 Å². The van der Waals surface area contributed by atoms with E-state index in [1.165, 1.54) is 18.3 Å². The maximum Gasteiger partial charge on any atom is 0.170 e. The van der Waals surface area contributed by atoms with E-state index >= 15 is 0 Å². The number of anilines is 1. The molecule has 0 aliphatic rings. The minimum Gasteiger partial charge on any atom is -0.508 e. The number of nitrogens with one attached hydrogen (secondary N) is 1. The van der Waals surface area contributed by atoms with Crippen molar-refractivity contribution in [3.63, 3.8) is 0 Å². The number of aromatic hydroxyl groups is 2. The molecular formula is C30H35NO5. The van der Waals surface area contributed by atoms with Crippen molar-refractivity contribution in [2.45, 2.75) is 27.7 Å². The molecule has 3 aromatic carbocycles. The molecule has 0 saturated heterocycles. The molecule has 0 spiro atoms. The van der Waals surface area contributed by atoms with Gasteiger partial charge in [-0.1, -0.05) is 35.4 Å². The molecule has 0 aromatic heterocycles. The monoisotopic (exact) mass is 489 g/mol. The van der Waals surface area contributed by atoms with Crippen LogP contribution < -0.4 is 19.5 Å². The molecule has 0 fully saturated rings. The lowest BCUT2D eigenvalue weighted by Gasteiger charge is -2.19. The van der Waals surface area contributed by atoms with Crippen LogP contribution in [0.25, 0.3) is 22.3 Å². The first kappa shape index (κ1) is 26.5. The van der Waals surface area contributed by atoms with E-state index in [9.17, 15) is 10.2 Å². The summed E-state index contributed by atoms with van der Waals surface area (Å²) in [6.45, 7) is 9.26. The van der Waals surface area contributed by atoms with Crippen molar-refractivity contribution < 1.29 is 24.4 Å². The summed E-state index contributed by atoms with van der Waals surface area (Å²) in [5, 5.41) is 24.4. The lowest BCUT2D eigenvalue weighted by atomic mass is 9.96. The van der Waals surface area contributed by atoms with Crippen molar-refractivity contribution >= 4 is 5.69 Å². The molecule has 0 heterocycles. The minimum atomic E-state index is -0.0339. The van der Waals surface area contributed by atoms with Crippen LogP contribution in [-0.2, 0) is 0 Å². The Morgan fingerprint density at radius 2 is 1.47 bits per heavy atom. The summed E-state index contributed by atoms with van der Waals surface area (Å²) in [5.74, 6) is 1.65. The van der Waals surface area contributed by atoms with Gasteiger partial charge >= 0.3 is 0 Å². The number of rotatable bonds is 10. The molecule has 0 radical (unpaired) electrons. The van der Waals surface area contributed by atoms with Gasteiger partial charge < -0.3 is 29.7 Å². The smallest absolute Gasteiger partial charge is 0.170 e. The highest BCUT2D eigenvalue weighted by molar-refractivity contribution is 5.88. The van der Waals surface area contributed by atoms with Gasteiger partial charge in [0.1, 0.15) is 23.9 Å². The van der Waals surface area contributed by atoms with E-state index in [0.717, 1.165) is 16.8 Å². The van der Waals surface area contributed by atoms with Gasteiger partial charge in [-0.15, -0.1) is 0 Å². The molecule has 3 N–H and O–H groups in total. The SMILES string of the molecule is COc1cc(-c2ccc(O)cc2)c(OC)c(O)c1-c1ccc(OCC=C(C)C)c(NCC=C(C)C)c1. The van der Waals surface area contributed by atoms with Gasteiger partial charge in [0.2, 0.25) is 0 Å². The Balaban J connectivity index is 2.12. The summed E-state index contributed by atoms with van der Waals surface area (Å²) < 4.78 is 17.3. The largest absolute Gasteiger partial charge is 0.508 e. The Labute approximate surface area is 213 Å². The number of phenolic OH excluding ortho intramolecular Hbond substituents is 2. The second-order valence-corrected chi connectivity index (χ2v) is 8.90. The quantitative estimate of drug-likeness (QED) is 0.262. The van der Waals surface area contributed by atoms with Crippen molar-refractivity contribution in [3.05, 3.63) is 71.8 Å². The summed E-state index contributed by atoms with van der Waals surface area (Å²) in [6, 6.07) is 14.2. The first-order valence-corrected chi connectivity index (χ1v) is 11.8. The first-order valence-electron chi connectivity index (χ1n) is 11.8. The minimum absolute atomic E-state index is 0.0339. The highest BCUT2D eigenvalue weighted by atomic mass is 16.5. The standard InChI is InChI=1S/C30H35NO5/c1-19(2)13-15-31-25-17-22(9-12-26(25)36-16-14-20(3)4)28-27(34-5)18-24(30(35-6)29(28)33)21-7-10-23(32)11-8-21/h7-14,17-18,31-33H,15-16H2,1-6H3. The Hall–Kier alpha value is -4.06. The van der Waals surface area contributed by atoms with E-state index in [0.29, 0.717) is 41.5 Å². The Morgan fingerprint density at radius 3 is 2.08 bits per heavy atom. The van der Waals surface area contributed by atoms with Crippen LogP contribution in [0.4, 0.5) is 5.69 Å². The molecule has 0 unspecified atom stereocenters. The Kier molecular flexibility index (Phi) is 8.90. The molecule has 0 aliphatic carbocycles. The van der Waals surface area contributed by atoms with E-state index < -0.39 is 0 Å². The zero-order valence-corrected chi connectivity index (χ0v) is 21.8. The lowest BCUT2D eigenvalue weighted by Crippen LogP contribution is -2.04. The average molecular weight is 490 g/mol. The van der Waals surface area contributed by atoms with Crippen LogP contribution in [0.1, 0.15) is 27.7 Å². The van der Waals surface area contributed by atoms with Crippen molar-refractivity contribution in [2.24, 2.45) is 0 Å². The van der Waals surface area contributed by atoms with Crippen LogP contribution >= 0.6 is 0 Å². The summed E-state index contributed by atoms with van der Waals surface area (Å²) in [7, 11) is 3.08. The van der Waals surface area contributed by atoms with Crippen molar-refractivity contribution in [2.75, 3.05) is 32.7 Å². The Bertz CT molecular complexity index is 1250. The molecule has 36 heavy (non-hydrogen) atoms. The summed E-state index contributed by atoms with van der Waals surface area (Å²) >= 11 is 0. The van der Waals surface area contributed by atoms with Gasteiger partial charge in [-0.3, -0.25) is 0 Å². The van der Waals surface area contributed by atoms with E-state index in [-0.39, 0.29) is 11.5 Å². The predicted molar refractivity (Wildman–Crippen MR) is 147 cm³/mol. The van der Waals surface area contributed by atoms with Crippen LogP contribution in [0.15, 0.2) is 71.8 Å². The van der Waals surface area contributed by atoms with Crippen LogP contribution in [0.3, 0.4) is 0 Å². The molecule has 0 amide bonds. The van der Waals surface area contributed by atoms with Gasteiger partial charge in [-0.25, -0.2) is 0 Å². The number of ether oxygens (including phenoxy) is 3. The molecule has 0 aliphatic heterocycles. The number of hydrogen-bond donors (Lipinski definition) is 3. The molecule has 6 heteroatoms. The maximum absolute atomic E-state index is 11.3. The fourth-order valence-corrected chi connectivity index (χ4v) is 3.74. The average Bonchev–Trinajstić information content (AvgIpc) is 2.84. The highest BCUT2D eigenvalue weighted by Crippen LogP contribution is 2.50. The third-order valence-electron chi connectivity index (χ3n) is 5.62. The fraction of sp³-hybridized carbons (Fsp3) is 0.267. The maximum atomic E-state index is 11.3. The van der Waals surface area contributed by atoms with E-state index in [1.807, 2.05) is 44.2 Å². The molecule has 3 aromatic rings. The summed E-state index contributed by atoms with van der Waals surface area (Å²) in [6.07, 6.45) is 4.12. The van der Waals surface area contributed by atoms with Gasteiger partial charge in [0.05, 0.1) is 25.5 Å². The second kappa shape index (κ2) is 12.1. The van der Waals surface area contributed by atoms with Crippen LogP contribution in [0.2, 0.25) is 0 Å². The van der Waals surface area contributed by atoms with E-state index in [4.69, 9.17) is 14.2 Å². The number of methoxy groups -OCH3 is 2. The second-order valence-electron chi connectivity index (χ2n) is 8.90. The van der Waals surface area contributed by atoms with Gasteiger partial charge in [0.15, 0.2) is 11.5 Å². The van der Waals surface area contributed by atoms with Gasteiger partial charge in [-0.2, -0.15) is 0 Å².